The molecule has 1 N–H and O–H groups in total. The maximum absolute atomic E-state index is 10.9. The van der Waals surface area contributed by atoms with Crippen LogP contribution in [0.2, 0.25) is 0 Å². The first-order chi connectivity index (χ1) is 6.70. The molecule has 72 valence electrons. The average molecular weight is 255 g/mol. The molecule has 1 heterocycles. The number of carboxylic acids is 1. The van der Waals surface area contributed by atoms with Crippen LogP contribution in [0.15, 0.2) is 22.7 Å². The number of halogens is 1. The smallest absolute Gasteiger partial charge is 0.339 e. The number of carboxylic acid groups (broad SMARTS) is 1. The van der Waals surface area contributed by atoms with Crippen molar-refractivity contribution < 1.29 is 14.6 Å². The van der Waals surface area contributed by atoms with E-state index in [1.165, 1.54) is 6.07 Å². The molecule has 0 saturated heterocycles. The minimum absolute atomic E-state index is 0.201. The van der Waals surface area contributed by atoms with Gasteiger partial charge in [0.15, 0.2) is 0 Å². The molecule has 3 nitrogen and oxygen atoms in total. The highest BCUT2D eigenvalue weighted by Gasteiger charge is 2.18. The van der Waals surface area contributed by atoms with Crippen LogP contribution in [0.25, 0.3) is 6.08 Å². The molecule has 2 rings (SSSR count). The van der Waals surface area contributed by atoms with Crippen LogP contribution in [0, 0.1) is 0 Å². The average Bonchev–Trinajstić information content (AvgIpc) is 2.18. The van der Waals surface area contributed by atoms with Gasteiger partial charge in [0.1, 0.15) is 17.9 Å². The van der Waals surface area contributed by atoms with Gasteiger partial charge >= 0.3 is 5.97 Å². The number of ether oxygens (including phenoxy) is 1. The maximum atomic E-state index is 10.9. The van der Waals surface area contributed by atoms with Gasteiger partial charge in [-0.15, -0.1) is 0 Å². The van der Waals surface area contributed by atoms with Crippen LogP contribution < -0.4 is 4.74 Å². The first-order valence-corrected chi connectivity index (χ1v) is 4.84. The molecule has 0 saturated carbocycles. The number of carbonyl (C=O) groups is 1. The number of aromatic carboxylic acids is 1. The Labute approximate surface area is 89.1 Å². The van der Waals surface area contributed by atoms with Gasteiger partial charge < -0.3 is 9.84 Å². The van der Waals surface area contributed by atoms with Gasteiger partial charge in [0.25, 0.3) is 0 Å². The first kappa shape index (κ1) is 9.27. The predicted octanol–water partition coefficient (Wildman–Crippen LogP) is 2.55. The Hall–Kier alpha value is -1.29. The van der Waals surface area contributed by atoms with E-state index in [1.54, 1.807) is 6.07 Å². The van der Waals surface area contributed by atoms with Gasteiger partial charge in [0.2, 0.25) is 0 Å². The van der Waals surface area contributed by atoms with Crippen molar-refractivity contribution in [2.75, 3.05) is 6.61 Å². The number of rotatable bonds is 1. The Kier molecular flexibility index (Phi) is 2.29. The van der Waals surface area contributed by atoms with Crippen molar-refractivity contribution in [3.63, 3.8) is 0 Å². The molecule has 0 amide bonds. The lowest BCUT2D eigenvalue weighted by molar-refractivity contribution is 0.0692. The summed E-state index contributed by atoms with van der Waals surface area (Å²) in [5.41, 5.74) is 0.990. The summed E-state index contributed by atoms with van der Waals surface area (Å²) in [6.45, 7) is 0.420. The zero-order chi connectivity index (χ0) is 10.1. The maximum Gasteiger partial charge on any atom is 0.339 e. The molecular formula is C10H7BrO3. The van der Waals surface area contributed by atoms with Crippen molar-refractivity contribution in [1.29, 1.82) is 0 Å². The standard InChI is InChI=1S/C10H7BrO3/c11-8-4-3-7(10(12)13)9-6(8)2-1-5-14-9/h1-4H,5H2,(H,12,13). The SMILES string of the molecule is O=C(O)c1ccc(Br)c2c1OCC=C2. The van der Waals surface area contributed by atoms with Crippen LogP contribution in [0.3, 0.4) is 0 Å². The van der Waals surface area contributed by atoms with E-state index < -0.39 is 5.97 Å². The van der Waals surface area contributed by atoms with Crippen LogP contribution in [0.4, 0.5) is 0 Å². The lowest BCUT2D eigenvalue weighted by Gasteiger charge is -2.15. The molecule has 0 bridgehead atoms. The summed E-state index contributed by atoms with van der Waals surface area (Å²) in [6.07, 6.45) is 3.70. The molecule has 1 aromatic rings. The molecule has 0 aromatic heterocycles. The molecule has 0 aliphatic carbocycles. The zero-order valence-corrected chi connectivity index (χ0v) is 8.74. The van der Waals surface area contributed by atoms with Gasteiger partial charge in [0.05, 0.1) is 0 Å². The number of hydrogen-bond donors (Lipinski definition) is 1. The second-order valence-corrected chi connectivity index (χ2v) is 3.71. The lowest BCUT2D eigenvalue weighted by atomic mass is 10.1. The number of hydrogen-bond acceptors (Lipinski definition) is 2. The predicted molar refractivity (Wildman–Crippen MR) is 55.6 cm³/mol. The van der Waals surface area contributed by atoms with Crippen LogP contribution >= 0.6 is 15.9 Å². The monoisotopic (exact) mass is 254 g/mol. The molecule has 1 aliphatic rings. The summed E-state index contributed by atoms with van der Waals surface area (Å²) >= 11 is 3.34. The van der Waals surface area contributed by atoms with Gasteiger partial charge in [-0.25, -0.2) is 4.79 Å². The van der Waals surface area contributed by atoms with Gasteiger partial charge in [-0.2, -0.15) is 0 Å². The largest absolute Gasteiger partial charge is 0.488 e. The van der Waals surface area contributed by atoms with E-state index in [-0.39, 0.29) is 5.56 Å². The van der Waals surface area contributed by atoms with Crippen molar-refractivity contribution in [3.8, 4) is 5.75 Å². The van der Waals surface area contributed by atoms with Crippen molar-refractivity contribution in [2.45, 2.75) is 0 Å². The Balaban J connectivity index is 2.66. The molecule has 1 aromatic carbocycles. The summed E-state index contributed by atoms with van der Waals surface area (Å²) in [6, 6.07) is 3.24. The van der Waals surface area contributed by atoms with E-state index >= 15 is 0 Å². The second-order valence-electron chi connectivity index (χ2n) is 2.86. The number of benzene rings is 1. The topological polar surface area (TPSA) is 46.5 Å². The molecule has 0 radical (unpaired) electrons. The molecular weight excluding hydrogens is 248 g/mol. The summed E-state index contributed by atoms with van der Waals surface area (Å²) < 4.78 is 6.14. The first-order valence-electron chi connectivity index (χ1n) is 4.05. The minimum atomic E-state index is -0.968. The Morgan fingerprint density at radius 1 is 1.50 bits per heavy atom. The molecule has 14 heavy (non-hydrogen) atoms. The van der Waals surface area contributed by atoms with Gasteiger partial charge in [-0.3, -0.25) is 0 Å². The van der Waals surface area contributed by atoms with Crippen molar-refractivity contribution in [3.05, 3.63) is 33.8 Å². The lowest BCUT2D eigenvalue weighted by Crippen LogP contribution is -2.07. The fourth-order valence-electron chi connectivity index (χ4n) is 1.35. The highest BCUT2D eigenvalue weighted by Crippen LogP contribution is 2.34. The summed E-state index contributed by atoms with van der Waals surface area (Å²) in [7, 11) is 0. The molecule has 4 heteroatoms. The Bertz CT molecular complexity index is 424. The van der Waals surface area contributed by atoms with E-state index in [0.29, 0.717) is 12.4 Å². The third-order valence-corrected chi connectivity index (χ3v) is 2.67. The fraction of sp³-hybridized carbons (Fsp3) is 0.100. The highest BCUT2D eigenvalue weighted by atomic mass is 79.9. The zero-order valence-electron chi connectivity index (χ0n) is 7.16. The summed E-state index contributed by atoms with van der Waals surface area (Å²) in [4.78, 5) is 10.9. The molecule has 1 aliphatic heterocycles. The number of fused-ring (bicyclic) bond motifs is 1. The van der Waals surface area contributed by atoms with Crippen molar-refractivity contribution >= 4 is 28.0 Å². The summed E-state index contributed by atoms with van der Waals surface area (Å²) in [5.74, 6) is -0.529. The van der Waals surface area contributed by atoms with Crippen LogP contribution in [0.1, 0.15) is 15.9 Å². The normalized spacial score (nSPS) is 13.2. The minimum Gasteiger partial charge on any atom is -0.488 e. The third kappa shape index (κ3) is 1.42. The molecule has 0 unspecified atom stereocenters. The Morgan fingerprint density at radius 3 is 3.00 bits per heavy atom. The highest BCUT2D eigenvalue weighted by molar-refractivity contribution is 9.10. The van der Waals surface area contributed by atoms with Crippen LogP contribution in [-0.2, 0) is 0 Å². The van der Waals surface area contributed by atoms with E-state index in [4.69, 9.17) is 9.84 Å². The van der Waals surface area contributed by atoms with Gasteiger partial charge in [-0.05, 0) is 18.2 Å². The van der Waals surface area contributed by atoms with E-state index in [9.17, 15) is 4.79 Å². The fourth-order valence-corrected chi connectivity index (χ4v) is 1.80. The summed E-state index contributed by atoms with van der Waals surface area (Å²) in [5, 5.41) is 8.91. The second kappa shape index (κ2) is 3.46. The molecule has 0 atom stereocenters. The van der Waals surface area contributed by atoms with Gasteiger partial charge in [-0.1, -0.05) is 22.0 Å². The van der Waals surface area contributed by atoms with Gasteiger partial charge in [0, 0.05) is 10.0 Å². The third-order valence-electron chi connectivity index (χ3n) is 1.98. The van der Waals surface area contributed by atoms with Crippen molar-refractivity contribution in [1.82, 2.24) is 0 Å². The Morgan fingerprint density at radius 2 is 2.29 bits per heavy atom. The van der Waals surface area contributed by atoms with Crippen LogP contribution in [0.5, 0.6) is 5.75 Å². The van der Waals surface area contributed by atoms with E-state index in [1.807, 2.05) is 12.2 Å². The quantitative estimate of drug-likeness (QED) is 0.838. The molecule has 0 fully saturated rings. The van der Waals surface area contributed by atoms with Crippen LogP contribution in [-0.4, -0.2) is 17.7 Å². The van der Waals surface area contributed by atoms with E-state index in [2.05, 4.69) is 15.9 Å². The molecule has 0 spiro atoms. The van der Waals surface area contributed by atoms with Crippen molar-refractivity contribution in [2.24, 2.45) is 0 Å². The van der Waals surface area contributed by atoms with E-state index in [0.717, 1.165) is 10.0 Å².